The number of carbonyl (C=O) groups is 3. The highest BCUT2D eigenvalue weighted by Gasteiger charge is 2.36. The maximum Gasteiger partial charge on any atom is 0.335 e. The van der Waals surface area contributed by atoms with E-state index < -0.39 is 23.7 Å². The van der Waals surface area contributed by atoms with Crippen molar-refractivity contribution in [2.75, 3.05) is 18.1 Å². The molecule has 0 bridgehead atoms. The van der Waals surface area contributed by atoms with E-state index in [0.717, 1.165) is 29.9 Å². The Kier molecular flexibility index (Phi) is 10.0. The van der Waals surface area contributed by atoms with Gasteiger partial charge in [0.25, 0.3) is 11.8 Å². The Hall–Kier alpha value is -3.20. The highest BCUT2D eigenvalue weighted by molar-refractivity contribution is 9.10. The summed E-state index contributed by atoms with van der Waals surface area (Å²) in [5.41, 5.74) is 0.407. The second-order valence-electron chi connectivity index (χ2n) is 8.31. The first-order chi connectivity index (χ1) is 17.3. The van der Waals surface area contributed by atoms with Crippen molar-refractivity contribution in [2.45, 2.75) is 52.4 Å². The SMILES string of the molecule is CCCCCCCCOc1c(Br)cc(/C=C2\C(=O)NC(=O)N(c3ccc(F)cc3)C2=O)cc1OCC. The standard InChI is InChI=1S/C27H30BrFN2O5/c1-3-5-6-7-8-9-14-36-24-22(28)16-18(17-23(24)35-4-2)15-21-25(32)30-27(34)31(26(21)33)20-12-10-19(29)11-13-20/h10-13,15-17H,3-9,14H2,1-2H3,(H,30,32,34)/b21-15+. The number of amides is 4. The number of benzene rings is 2. The molecule has 0 unspecified atom stereocenters. The third-order valence-electron chi connectivity index (χ3n) is 5.57. The molecular weight excluding hydrogens is 531 g/mol. The van der Waals surface area contributed by atoms with Crippen molar-refractivity contribution in [1.29, 1.82) is 0 Å². The van der Waals surface area contributed by atoms with E-state index in [1.54, 1.807) is 12.1 Å². The molecule has 2 aromatic carbocycles. The summed E-state index contributed by atoms with van der Waals surface area (Å²) < 4.78 is 25.7. The smallest absolute Gasteiger partial charge is 0.335 e. The van der Waals surface area contributed by atoms with Gasteiger partial charge in [-0.2, -0.15) is 0 Å². The largest absolute Gasteiger partial charge is 0.490 e. The Bertz CT molecular complexity index is 1130. The van der Waals surface area contributed by atoms with Gasteiger partial charge in [-0.15, -0.1) is 0 Å². The molecule has 0 saturated carbocycles. The number of unbranched alkanes of at least 4 members (excludes halogenated alkanes) is 5. The van der Waals surface area contributed by atoms with Gasteiger partial charge in [-0.25, -0.2) is 14.1 Å². The zero-order chi connectivity index (χ0) is 26.1. The van der Waals surface area contributed by atoms with E-state index in [4.69, 9.17) is 9.47 Å². The Balaban J connectivity index is 1.81. The van der Waals surface area contributed by atoms with Crippen LogP contribution in [0.15, 0.2) is 46.4 Å². The Morgan fingerprint density at radius 2 is 1.67 bits per heavy atom. The van der Waals surface area contributed by atoms with Gasteiger partial charge in [0.15, 0.2) is 11.5 Å². The second kappa shape index (κ2) is 13.2. The van der Waals surface area contributed by atoms with Gasteiger partial charge >= 0.3 is 6.03 Å². The van der Waals surface area contributed by atoms with Crippen LogP contribution in [0.4, 0.5) is 14.9 Å². The number of nitrogens with zero attached hydrogens (tertiary/aromatic N) is 1. The fourth-order valence-corrected chi connectivity index (χ4v) is 4.35. The van der Waals surface area contributed by atoms with Crippen molar-refractivity contribution in [2.24, 2.45) is 0 Å². The van der Waals surface area contributed by atoms with E-state index in [0.29, 0.717) is 34.7 Å². The van der Waals surface area contributed by atoms with Gasteiger partial charge in [0.2, 0.25) is 0 Å². The molecule has 192 valence electrons. The summed E-state index contributed by atoms with van der Waals surface area (Å²) >= 11 is 3.51. The van der Waals surface area contributed by atoms with Gasteiger partial charge in [0.1, 0.15) is 11.4 Å². The maximum atomic E-state index is 13.3. The first kappa shape index (κ1) is 27.4. The predicted molar refractivity (Wildman–Crippen MR) is 140 cm³/mol. The molecule has 1 heterocycles. The molecule has 0 atom stereocenters. The fourth-order valence-electron chi connectivity index (χ4n) is 3.78. The Labute approximate surface area is 218 Å². The highest BCUT2D eigenvalue weighted by atomic mass is 79.9. The van der Waals surface area contributed by atoms with Crippen molar-refractivity contribution >= 4 is 45.5 Å². The summed E-state index contributed by atoms with van der Waals surface area (Å²) in [6.45, 7) is 4.97. The molecule has 1 fully saturated rings. The van der Waals surface area contributed by atoms with Crippen LogP contribution in [0.2, 0.25) is 0 Å². The molecule has 0 aliphatic carbocycles. The first-order valence-corrected chi connectivity index (χ1v) is 12.9. The van der Waals surface area contributed by atoms with Crippen LogP contribution in [0.1, 0.15) is 57.9 Å². The van der Waals surface area contributed by atoms with Crippen LogP contribution >= 0.6 is 15.9 Å². The van der Waals surface area contributed by atoms with E-state index in [9.17, 15) is 18.8 Å². The molecule has 0 aromatic heterocycles. The van der Waals surface area contributed by atoms with Gasteiger partial charge in [-0.05, 0) is 77.3 Å². The molecule has 1 saturated heterocycles. The maximum absolute atomic E-state index is 13.3. The summed E-state index contributed by atoms with van der Waals surface area (Å²) in [4.78, 5) is 38.7. The van der Waals surface area contributed by atoms with Gasteiger partial charge in [-0.3, -0.25) is 14.9 Å². The second-order valence-corrected chi connectivity index (χ2v) is 9.17. The minimum Gasteiger partial charge on any atom is -0.490 e. The molecule has 0 spiro atoms. The number of barbiturate groups is 1. The molecule has 3 rings (SSSR count). The van der Waals surface area contributed by atoms with Gasteiger partial charge in [0, 0.05) is 0 Å². The summed E-state index contributed by atoms with van der Waals surface area (Å²) in [5.74, 6) is -1.12. The summed E-state index contributed by atoms with van der Waals surface area (Å²) in [6, 6.07) is 7.34. The molecule has 0 radical (unpaired) electrons. The lowest BCUT2D eigenvalue weighted by molar-refractivity contribution is -0.122. The third kappa shape index (κ3) is 6.94. The summed E-state index contributed by atoms with van der Waals surface area (Å²) in [5, 5.41) is 2.16. The number of hydrogen-bond donors (Lipinski definition) is 1. The van der Waals surface area contributed by atoms with Crippen molar-refractivity contribution in [3.05, 3.63) is 57.8 Å². The Morgan fingerprint density at radius 1 is 0.972 bits per heavy atom. The van der Waals surface area contributed by atoms with Crippen LogP contribution in [-0.2, 0) is 9.59 Å². The van der Waals surface area contributed by atoms with Crippen LogP contribution in [-0.4, -0.2) is 31.1 Å². The minimum absolute atomic E-state index is 0.145. The van der Waals surface area contributed by atoms with Gasteiger partial charge < -0.3 is 9.47 Å². The number of imide groups is 2. The van der Waals surface area contributed by atoms with Crippen molar-refractivity contribution in [1.82, 2.24) is 5.32 Å². The number of halogens is 2. The van der Waals surface area contributed by atoms with Crippen molar-refractivity contribution in [3.63, 3.8) is 0 Å². The summed E-state index contributed by atoms with van der Waals surface area (Å²) in [7, 11) is 0. The number of nitrogens with one attached hydrogen (secondary N) is 1. The topological polar surface area (TPSA) is 84.9 Å². The van der Waals surface area contributed by atoms with E-state index >= 15 is 0 Å². The molecule has 7 nitrogen and oxygen atoms in total. The van der Waals surface area contributed by atoms with Gasteiger partial charge in [0.05, 0.1) is 23.4 Å². The minimum atomic E-state index is -0.900. The molecule has 2 aromatic rings. The average molecular weight is 561 g/mol. The molecule has 4 amide bonds. The van der Waals surface area contributed by atoms with Crippen LogP contribution < -0.4 is 19.7 Å². The fraction of sp³-hybridized carbons (Fsp3) is 0.370. The molecule has 36 heavy (non-hydrogen) atoms. The molecular formula is C27H30BrFN2O5. The van der Waals surface area contributed by atoms with E-state index in [2.05, 4.69) is 28.2 Å². The normalized spacial score (nSPS) is 14.8. The number of hydrogen-bond acceptors (Lipinski definition) is 5. The van der Waals surface area contributed by atoms with E-state index in [1.807, 2.05) is 6.92 Å². The number of anilines is 1. The lowest BCUT2D eigenvalue weighted by atomic mass is 10.1. The average Bonchev–Trinajstić information content (AvgIpc) is 2.84. The van der Waals surface area contributed by atoms with Crippen LogP contribution in [0, 0.1) is 5.82 Å². The zero-order valence-electron chi connectivity index (χ0n) is 20.4. The van der Waals surface area contributed by atoms with Crippen LogP contribution in [0.3, 0.4) is 0 Å². The first-order valence-electron chi connectivity index (χ1n) is 12.1. The number of rotatable bonds is 12. The van der Waals surface area contributed by atoms with Crippen molar-refractivity contribution in [3.8, 4) is 11.5 Å². The van der Waals surface area contributed by atoms with E-state index in [-0.39, 0.29) is 11.3 Å². The predicted octanol–water partition coefficient (Wildman–Crippen LogP) is 6.39. The number of carbonyl (C=O) groups excluding carboxylic acids is 3. The number of urea groups is 1. The lowest BCUT2D eigenvalue weighted by Gasteiger charge is -2.26. The monoisotopic (exact) mass is 560 g/mol. The molecule has 1 N–H and O–H groups in total. The van der Waals surface area contributed by atoms with Crippen LogP contribution in [0.5, 0.6) is 11.5 Å². The lowest BCUT2D eigenvalue weighted by Crippen LogP contribution is -2.54. The van der Waals surface area contributed by atoms with Crippen LogP contribution in [0.25, 0.3) is 6.08 Å². The summed E-state index contributed by atoms with van der Waals surface area (Å²) in [6.07, 6.45) is 8.25. The molecule has 1 aliphatic rings. The zero-order valence-corrected chi connectivity index (χ0v) is 22.0. The van der Waals surface area contributed by atoms with Gasteiger partial charge in [-0.1, -0.05) is 39.0 Å². The van der Waals surface area contributed by atoms with E-state index in [1.165, 1.54) is 43.9 Å². The molecule has 9 heteroatoms. The van der Waals surface area contributed by atoms with Crippen molar-refractivity contribution < 1.29 is 28.2 Å². The molecule has 1 aliphatic heterocycles. The highest BCUT2D eigenvalue weighted by Crippen LogP contribution is 2.38. The number of ether oxygens (including phenoxy) is 2. The third-order valence-corrected chi connectivity index (χ3v) is 6.16. The quantitative estimate of drug-likeness (QED) is 0.184. The Morgan fingerprint density at radius 3 is 2.36 bits per heavy atom.